The Bertz CT molecular complexity index is 1380. The second kappa shape index (κ2) is 12.5. The summed E-state index contributed by atoms with van der Waals surface area (Å²) in [5.41, 5.74) is 0.518. The monoisotopic (exact) mass is 566 g/mol. The Morgan fingerprint density at radius 3 is 2.50 bits per heavy atom. The number of hydrogen-bond donors (Lipinski definition) is 1. The Labute approximate surface area is 225 Å². The zero-order valence-electron chi connectivity index (χ0n) is 22.1. The standard InChI is InChI=1S/C26H34N2O8S2/c1-19-16-28(20(2)18-29)38(32,33)26-13-8-21(7-6-14-34-4)15-24(26)36-25(19)17-27(3)37(30,31)23-11-9-22(35-5)10-12-23/h8-13,15,19-20,25,29H,14,16-18H2,1-5H3/t19-,20+,25-/m0/s1. The molecule has 38 heavy (non-hydrogen) atoms. The molecule has 0 bridgehead atoms. The largest absolute Gasteiger partial charge is 0.497 e. The molecule has 1 N–H and O–H groups in total. The summed E-state index contributed by atoms with van der Waals surface area (Å²) >= 11 is 0. The van der Waals surface area contributed by atoms with Gasteiger partial charge in [-0.1, -0.05) is 18.8 Å². The number of benzene rings is 2. The quantitative estimate of drug-likeness (QED) is 0.480. The van der Waals surface area contributed by atoms with Gasteiger partial charge in [-0.15, -0.1) is 0 Å². The Kier molecular flexibility index (Phi) is 9.80. The Morgan fingerprint density at radius 1 is 1.21 bits per heavy atom. The molecule has 0 unspecified atom stereocenters. The van der Waals surface area contributed by atoms with Gasteiger partial charge in [-0.3, -0.25) is 0 Å². The number of aliphatic hydroxyl groups is 1. The molecule has 0 aliphatic carbocycles. The molecule has 3 rings (SSSR count). The molecule has 0 fully saturated rings. The lowest BCUT2D eigenvalue weighted by Gasteiger charge is -2.37. The lowest BCUT2D eigenvalue weighted by Crippen LogP contribution is -2.50. The van der Waals surface area contributed by atoms with Crippen LogP contribution in [0, 0.1) is 17.8 Å². The number of nitrogens with zero attached hydrogens (tertiary/aromatic N) is 2. The summed E-state index contributed by atoms with van der Waals surface area (Å²) in [4.78, 5) is 0.0150. The highest BCUT2D eigenvalue weighted by molar-refractivity contribution is 7.89. The molecule has 1 aliphatic heterocycles. The zero-order chi connectivity index (χ0) is 28.1. The Balaban J connectivity index is 2.02. The minimum atomic E-state index is -4.03. The number of aliphatic hydroxyl groups excluding tert-OH is 1. The molecule has 1 aliphatic rings. The van der Waals surface area contributed by atoms with Crippen LogP contribution in [-0.2, 0) is 24.8 Å². The molecule has 12 heteroatoms. The van der Waals surface area contributed by atoms with Gasteiger partial charge in [0.25, 0.3) is 0 Å². The fourth-order valence-electron chi connectivity index (χ4n) is 4.01. The van der Waals surface area contributed by atoms with Crippen LogP contribution in [0.4, 0.5) is 0 Å². The van der Waals surface area contributed by atoms with Crippen LogP contribution in [0.5, 0.6) is 11.5 Å². The van der Waals surface area contributed by atoms with E-state index in [1.807, 2.05) is 0 Å². The van der Waals surface area contributed by atoms with Crippen LogP contribution < -0.4 is 9.47 Å². The lowest BCUT2D eigenvalue weighted by molar-refractivity contribution is 0.0904. The molecule has 0 aromatic heterocycles. The van der Waals surface area contributed by atoms with Crippen molar-refractivity contribution in [3.63, 3.8) is 0 Å². The van der Waals surface area contributed by atoms with Crippen LogP contribution in [0.25, 0.3) is 0 Å². The fourth-order valence-corrected chi connectivity index (χ4v) is 7.02. The third kappa shape index (κ3) is 6.48. The normalized spacial score (nSPS) is 20.3. The second-order valence-electron chi connectivity index (χ2n) is 9.10. The highest BCUT2D eigenvalue weighted by Crippen LogP contribution is 2.34. The number of ether oxygens (including phenoxy) is 3. The molecule has 0 radical (unpaired) electrons. The average Bonchev–Trinajstić information content (AvgIpc) is 2.90. The highest BCUT2D eigenvalue weighted by Gasteiger charge is 2.39. The van der Waals surface area contributed by atoms with Gasteiger partial charge >= 0.3 is 0 Å². The zero-order valence-corrected chi connectivity index (χ0v) is 23.8. The van der Waals surface area contributed by atoms with E-state index in [2.05, 4.69) is 11.8 Å². The van der Waals surface area contributed by atoms with Crippen molar-refractivity contribution in [1.82, 2.24) is 8.61 Å². The highest BCUT2D eigenvalue weighted by atomic mass is 32.2. The average molecular weight is 567 g/mol. The van der Waals surface area contributed by atoms with Gasteiger partial charge in [0.15, 0.2) is 0 Å². The van der Waals surface area contributed by atoms with Crippen molar-refractivity contribution in [2.45, 2.75) is 35.8 Å². The van der Waals surface area contributed by atoms with Gasteiger partial charge in [0.05, 0.1) is 25.2 Å². The third-order valence-corrected chi connectivity index (χ3v) is 10.2. The Morgan fingerprint density at radius 2 is 1.89 bits per heavy atom. The van der Waals surface area contributed by atoms with E-state index >= 15 is 0 Å². The maximum Gasteiger partial charge on any atom is 0.247 e. The van der Waals surface area contributed by atoms with E-state index in [-0.39, 0.29) is 41.8 Å². The predicted octanol–water partition coefficient (Wildman–Crippen LogP) is 1.78. The predicted molar refractivity (Wildman–Crippen MR) is 142 cm³/mol. The first-order valence-electron chi connectivity index (χ1n) is 12.0. The summed E-state index contributed by atoms with van der Waals surface area (Å²) in [5, 5.41) is 9.80. The summed E-state index contributed by atoms with van der Waals surface area (Å²) in [5.74, 6) is 5.90. The summed E-state index contributed by atoms with van der Waals surface area (Å²) < 4.78 is 72.5. The van der Waals surface area contributed by atoms with E-state index in [1.165, 1.54) is 54.1 Å². The number of methoxy groups -OCH3 is 2. The van der Waals surface area contributed by atoms with Crippen LogP contribution in [-0.4, -0.2) is 90.3 Å². The minimum absolute atomic E-state index is 0.0278. The first kappa shape index (κ1) is 29.9. The van der Waals surface area contributed by atoms with Crippen LogP contribution in [0.15, 0.2) is 52.3 Å². The molecular formula is C26H34N2O8S2. The van der Waals surface area contributed by atoms with Gasteiger partial charge in [0, 0.05) is 38.2 Å². The van der Waals surface area contributed by atoms with E-state index in [9.17, 15) is 21.9 Å². The first-order valence-corrected chi connectivity index (χ1v) is 14.8. The maximum atomic E-state index is 13.6. The second-order valence-corrected chi connectivity index (χ2v) is 13.0. The summed E-state index contributed by atoms with van der Waals surface area (Å²) in [6, 6.07) is 9.88. The van der Waals surface area contributed by atoms with Crippen molar-refractivity contribution in [3.05, 3.63) is 48.0 Å². The molecule has 3 atom stereocenters. The van der Waals surface area contributed by atoms with Gasteiger partial charge in [0.2, 0.25) is 20.0 Å². The molecule has 208 valence electrons. The number of sulfonamides is 2. The number of fused-ring (bicyclic) bond motifs is 1. The molecule has 0 saturated heterocycles. The van der Waals surface area contributed by atoms with Crippen molar-refractivity contribution in [3.8, 4) is 23.3 Å². The maximum absolute atomic E-state index is 13.6. The molecule has 1 heterocycles. The lowest BCUT2D eigenvalue weighted by atomic mass is 10.0. The van der Waals surface area contributed by atoms with Gasteiger partial charge in [0.1, 0.15) is 29.1 Å². The number of likely N-dealkylation sites (N-methyl/N-ethyl adjacent to an activating group) is 1. The summed E-state index contributed by atoms with van der Waals surface area (Å²) in [6.07, 6.45) is -0.710. The van der Waals surface area contributed by atoms with E-state index in [4.69, 9.17) is 14.2 Å². The van der Waals surface area contributed by atoms with E-state index in [0.29, 0.717) is 11.3 Å². The van der Waals surface area contributed by atoms with Crippen molar-refractivity contribution in [2.24, 2.45) is 5.92 Å². The first-order chi connectivity index (χ1) is 17.9. The molecule has 2 aromatic rings. The van der Waals surface area contributed by atoms with Gasteiger partial charge in [-0.05, 0) is 49.4 Å². The number of hydrogen-bond acceptors (Lipinski definition) is 8. The van der Waals surface area contributed by atoms with Gasteiger partial charge < -0.3 is 19.3 Å². The van der Waals surface area contributed by atoms with Crippen molar-refractivity contribution < 1.29 is 36.2 Å². The minimum Gasteiger partial charge on any atom is -0.497 e. The third-order valence-electron chi connectivity index (χ3n) is 6.32. The molecule has 2 aromatic carbocycles. The molecule has 0 amide bonds. The van der Waals surface area contributed by atoms with Crippen molar-refractivity contribution >= 4 is 20.0 Å². The summed E-state index contributed by atoms with van der Waals surface area (Å²) in [6.45, 7) is 3.21. The van der Waals surface area contributed by atoms with E-state index in [1.54, 1.807) is 32.0 Å². The van der Waals surface area contributed by atoms with E-state index in [0.717, 1.165) is 0 Å². The van der Waals surface area contributed by atoms with E-state index < -0.39 is 38.1 Å². The molecule has 0 saturated carbocycles. The fraction of sp³-hybridized carbons (Fsp3) is 0.462. The molecular weight excluding hydrogens is 532 g/mol. The Hall–Kier alpha value is -2.66. The van der Waals surface area contributed by atoms with Crippen molar-refractivity contribution in [2.75, 3.05) is 47.6 Å². The van der Waals surface area contributed by atoms with Crippen LogP contribution in [0.2, 0.25) is 0 Å². The SMILES string of the molecule is COCC#Cc1ccc2c(c1)O[C@@H](CN(C)S(=O)(=O)c1ccc(OC)cc1)[C@@H](C)CN([C@H](C)CO)S2(=O)=O. The van der Waals surface area contributed by atoms with Crippen LogP contribution in [0.3, 0.4) is 0 Å². The molecule has 0 spiro atoms. The van der Waals surface area contributed by atoms with Gasteiger partial charge in [-0.2, -0.15) is 8.61 Å². The van der Waals surface area contributed by atoms with Crippen LogP contribution in [0.1, 0.15) is 19.4 Å². The van der Waals surface area contributed by atoms with Crippen molar-refractivity contribution in [1.29, 1.82) is 0 Å². The summed E-state index contributed by atoms with van der Waals surface area (Å²) in [7, 11) is -3.44. The van der Waals surface area contributed by atoms with Gasteiger partial charge in [-0.25, -0.2) is 16.8 Å². The molecule has 10 nitrogen and oxygen atoms in total. The smallest absolute Gasteiger partial charge is 0.247 e. The number of rotatable bonds is 8. The van der Waals surface area contributed by atoms with Crippen LogP contribution >= 0.6 is 0 Å². The topological polar surface area (TPSA) is 123 Å².